The summed E-state index contributed by atoms with van der Waals surface area (Å²) in [6, 6.07) is 0.572. The maximum atomic E-state index is 10.6. The second-order valence-electron chi connectivity index (χ2n) is 5.52. The summed E-state index contributed by atoms with van der Waals surface area (Å²) >= 11 is 2.76. The van der Waals surface area contributed by atoms with E-state index in [-0.39, 0.29) is 5.75 Å². The van der Waals surface area contributed by atoms with E-state index in [1.807, 2.05) is 0 Å². The number of carbonyl (C=O) groups is 1. The highest BCUT2D eigenvalue weighted by Crippen LogP contribution is 2.33. The molecule has 0 spiro atoms. The van der Waals surface area contributed by atoms with E-state index >= 15 is 0 Å². The largest absolute Gasteiger partial charge is 0.481 e. The van der Waals surface area contributed by atoms with E-state index in [1.165, 1.54) is 48.8 Å². The molecule has 0 bridgehead atoms. The molecule has 1 aliphatic rings. The lowest BCUT2D eigenvalue weighted by molar-refractivity contribution is -0.133. The molecule has 0 aromatic carbocycles. The van der Waals surface area contributed by atoms with E-state index in [4.69, 9.17) is 5.11 Å². The topological polar surface area (TPSA) is 66.3 Å². The molecule has 5 nitrogen and oxygen atoms in total. The van der Waals surface area contributed by atoms with Crippen molar-refractivity contribution in [3.8, 4) is 0 Å². The first kappa shape index (κ1) is 15.6. The van der Waals surface area contributed by atoms with Crippen LogP contribution in [0, 0.1) is 5.92 Å². The van der Waals surface area contributed by atoms with Crippen molar-refractivity contribution in [3.05, 3.63) is 0 Å². The zero-order chi connectivity index (χ0) is 14.5. The van der Waals surface area contributed by atoms with Crippen LogP contribution in [0.1, 0.15) is 39.5 Å². The number of rotatable bonds is 7. The van der Waals surface area contributed by atoms with Crippen molar-refractivity contribution < 1.29 is 9.90 Å². The molecule has 1 aromatic heterocycles. The van der Waals surface area contributed by atoms with Gasteiger partial charge >= 0.3 is 5.97 Å². The van der Waals surface area contributed by atoms with Crippen LogP contribution in [0.2, 0.25) is 0 Å². The van der Waals surface area contributed by atoms with E-state index in [9.17, 15) is 4.79 Å². The number of aromatic nitrogens is 2. The lowest BCUT2D eigenvalue weighted by Gasteiger charge is -2.29. The van der Waals surface area contributed by atoms with Crippen molar-refractivity contribution in [1.29, 1.82) is 0 Å². The number of hydrogen-bond acceptors (Lipinski definition) is 6. The number of anilines is 1. The van der Waals surface area contributed by atoms with Crippen molar-refractivity contribution in [2.24, 2.45) is 5.92 Å². The number of aliphatic carboxylic acids is 1. The molecule has 1 aliphatic carbocycles. The molecule has 0 unspecified atom stereocenters. The third-order valence-corrected chi connectivity index (χ3v) is 5.37. The normalized spacial score (nSPS) is 15.9. The number of carboxylic acids is 1. The highest BCUT2D eigenvalue weighted by atomic mass is 32.2. The summed E-state index contributed by atoms with van der Waals surface area (Å²) in [4.78, 5) is 13.0. The molecule has 1 aromatic rings. The molecule has 0 aliphatic heterocycles. The average molecular weight is 315 g/mol. The predicted octanol–water partition coefficient (Wildman–Crippen LogP) is 3.12. The lowest BCUT2D eigenvalue weighted by Crippen LogP contribution is -2.36. The molecule has 7 heteroatoms. The minimum Gasteiger partial charge on any atom is -0.481 e. The van der Waals surface area contributed by atoms with Gasteiger partial charge in [-0.15, -0.1) is 10.2 Å². The van der Waals surface area contributed by atoms with Crippen molar-refractivity contribution in [3.63, 3.8) is 0 Å². The van der Waals surface area contributed by atoms with Gasteiger partial charge in [-0.3, -0.25) is 4.79 Å². The zero-order valence-electron chi connectivity index (χ0n) is 11.9. The SMILES string of the molecule is CC(C)CN(c1nnc(SCC(=O)O)s1)C1CCCC1. The summed E-state index contributed by atoms with van der Waals surface area (Å²) in [7, 11) is 0. The van der Waals surface area contributed by atoms with Gasteiger partial charge in [0, 0.05) is 12.6 Å². The van der Waals surface area contributed by atoms with Crippen molar-refractivity contribution in [2.45, 2.75) is 49.9 Å². The van der Waals surface area contributed by atoms with Crippen LogP contribution in [0.4, 0.5) is 5.13 Å². The Bertz CT molecular complexity index is 445. The van der Waals surface area contributed by atoms with Crippen LogP contribution >= 0.6 is 23.1 Å². The molecule has 1 N–H and O–H groups in total. The number of thioether (sulfide) groups is 1. The average Bonchev–Trinajstić information content (AvgIpc) is 3.05. The van der Waals surface area contributed by atoms with Gasteiger partial charge < -0.3 is 10.0 Å². The molecular weight excluding hydrogens is 294 g/mol. The van der Waals surface area contributed by atoms with Crippen LogP contribution in [0.3, 0.4) is 0 Å². The van der Waals surface area contributed by atoms with E-state index in [0.717, 1.165) is 16.0 Å². The molecule has 20 heavy (non-hydrogen) atoms. The Hall–Kier alpha value is -0.820. The molecule has 2 rings (SSSR count). The minimum absolute atomic E-state index is 0.0439. The molecule has 0 radical (unpaired) electrons. The van der Waals surface area contributed by atoms with Gasteiger partial charge in [0.1, 0.15) is 0 Å². The zero-order valence-corrected chi connectivity index (χ0v) is 13.5. The van der Waals surface area contributed by atoms with Crippen LogP contribution in [-0.4, -0.2) is 39.6 Å². The highest BCUT2D eigenvalue weighted by molar-refractivity contribution is 8.01. The van der Waals surface area contributed by atoms with E-state index in [2.05, 4.69) is 28.9 Å². The van der Waals surface area contributed by atoms with Gasteiger partial charge in [-0.2, -0.15) is 0 Å². The van der Waals surface area contributed by atoms with E-state index < -0.39 is 5.97 Å². The third kappa shape index (κ3) is 4.34. The van der Waals surface area contributed by atoms with Gasteiger partial charge in [0.2, 0.25) is 5.13 Å². The summed E-state index contributed by atoms with van der Waals surface area (Å²) in [5, 5.41) is 18.0. The molecule has 0 atom stereocenters. The number of nitrogens with zero attached hydrogens (tertiary/aromatic N) is 3. The second kappa shape index (κ2) is 7.26. The van der Waals surface area contributed by atoms with Gasteiger partial charge in [-0.1, -0.05) is 49.8 Å². The van der Waals surface area contributed by atoms with Crippen molar-refractivity contribution in [1.82, 2.24) is 10.2 Å². The molecule has 1 fully saturated rings. The smallest absolute Gasteiger partial charge is 0.313 e. The molecule has 0 amide bonds. The van der Waals surface area contributed by atoms with Crippen molar-refractivity contribution in [2.75, 3.05) is 17.2 Å². The molecule has 112 valence electrons. The quantitative estimate of drug-likeness (QED) is 0.780. The Kier molecular flexibility index (Phi) is 5.65. The molecule has 1 heterocycles. The Morgan fingerprint density at radius 3 is 2.75 bits per heavy atom. The summed E-state index contributed by atoms with van der Waals surface area (Å²) in [6.45, 7) is 5.41. The molecule has 0 saturated heterocycles. The van der Waals surface area contributed by atoms with Gasteiger partial charge in [-0.05, 0) is 18.8 Å². The van der Waals surface area contributed by atoms with Crippen LogP contribution < -0.4 is 4.90 Å². The van der Waals surface area contributed by atoms with Crippen LogP contribution in [-0.2, 0) is 4.79 Å². The van der Waals surface area contributed by atoms with Crippen molar-refractivity contribution >= 4 is 34.2 Å². The summed E-state index contributed by atoms with van der Waals surface area (Å²) in [5.41, 5.74) is 0. The summed E-state index contributed by atoms with van der Waals surface area (Å²) in [5.74, 6) is -0.196. The maximum absolute atomic E-state index is 10.6. The fourth-order valence-electron chi connectivity index (χ4n) is 2.49. The second-order valence-corrected chi connectivity index (χ2v) is 7.70. The molecule has 1 saturated carbocycles. The summed E-state index contributed by atoms with van der Waals surface area (Å²) < 4.78 is 0.745. The van der Waals surface area contributed by atoms with Gasteiger partial charge in [0.25, 0.3) is 0 Å². The lowest BCUT2D eigenvalue weighted by atomic mass is 10.1. The van der Waals surface area contributed by atoms with E-state index in [1.54, 1.807) is 0 Å². The van der Waals surface area contributed by atoms with Gasteiger partial charge in [-0.25, -0.2) is 0 Å². The van der Waals surface area contributed by atoms with Crippen LogP contribution in [0.5, 0.6) is 0 Å². The van der Waals surface area contributed by atoms with Crippen LogP contribution in [0.15, 0.2) is 4.34 Å². The van der Waals surface area contributed by atoms with E-state index in [0.29, 0.717) is 12.0 Å². The van der Waals surface area contributed by atoms with Crippen LogP contribution in [0.25, 0.3) is 0 Å². The first-order valence-corrected chi connectivity index (χ1v) is 8.81. The fourth-order valence-corrected chi connectivity index (χ4v) is 4.14. The van der Waals surface area contributed by atoms with Gasteiger partial charge in [0.15, 0.2) is 4.34 Å². The minimum atomic E-state index is -0.818. The Morgan fingerprint density at radius 2 is 2.15 bits per heavy atom. The highest BCUT2D eigenvalue weighted by Gasteiger charge is 2.26. The number of hydrogen-bond donors (Lipinski definition) is 1. The standard InChI is InChI=1S/C13H21N3O2S2/c1-9(2)7-16(10-5-3-4-6-10)12-14-15-13(20-12)19-8-11(17)18/h9-10H,3-8H2,1-2H3,(H,17,18). The Balaban J connectivity index is 2.05. The molecular formula is C13H21N3O2S2. The predicted molar refractivity (Wildman–Crippen MR) is 82.7 cm³/mol. The summed E-state index contributed by atoms with van der Waals surface area (Å²) in [6.07, 6.45) is 5.03. The van der Waals surface area contributed by atoms with Gasteiger partial charge in [0.05, 0.1) is 5.75 Å². The Labute approximate surface area is 127 Å². The first-order valence-electron chi connectivity index (χ1n) is 7.01. The first-order chi connectivity index (χ1) is 9.56. The number of carboxylic acid groups (broad SMARTS) is 1. The maximum Gasteiger partial charge on any atom is 0.313 e. The fraction of sp³-hybridized carbons (Fsp3) is 0.769. The Morgan fingerprint density at radius 1 is 1.45 bits per heavy atom. The monoisotopic (exact) mass is 315 g/mol. The third-order valence-electron chi connectivity index (χ3n) is 3.29.